The summed E-state index contributed by atoms with van der Waals surface area (Å²) in [5, 5.41) is 9.25. The summed E-state index contributed by atoms with van der Waals surface area (Å²) in [5.41, 5.74) is 3.97. The molecule has 0 amide bonds. The monoisotopic (exact) mass is 471 g/mol. The minimum Gasteiger partial charge on any atom is -0.478 e. The second-order valence-corrected chi connectivity index (χ2v) is 8.83. The number of nitrogens with one attached hydrogen (secondary N) is 1. The molecule has 6 nitrogen and oxygen atoms in total. The van der Waals surface area contributed by atoms with Gasteiger partial charge in [-0.15, -0.1) is 0 Å². The van der Waals surface area contributed by atoms with Gasteiger partial charge in [0, 0.05) is 42.3 Å². The SMILES string of the molecule is O=CCCN1CC=Cc2c(C3CCN(Cc4cc(C(=O)O)ccc4Br)CC3)c[nH]c21. The Labute approximate surface area is 184 Å². The summed E-state index contributed by atoms with van der Waals surface area (Å²) in [6.07, 6.45) is 10.2. The molecule has 2 aromatic rings. The highest BCUT2D eigenvalue weighted by Crippen LogP contribution is 2.37. The van der Waals surface area contributed by atoms with Gasteiger partial charge in [0.25, 0.3) is 0 Å². The van der Waals surface area contributed by atoms with Crippen LogP contribution in [-0.4, -0.2) is 53.4 Å². The van der Waals surface area contributed by atoms with Crippen molar-refractivity contribution in [1.29, 1.82) is 0 Å². The molecule has 3 heterocycles. The van der Waals surface area contributed by atoms with Gasteiger partial charge in [-0.25, -0.2) is 4.79 Å². The molecule has 7 heteroatoms. The van der Waals surface area contributed by atoms with Gasteiger partial charge in [0.2, 0.25) is 0 Å². The molecule has 30 heavy (non-hydrogen) atoms. The number of aldehydes is 1. The average Bonchev–Trinajstić information content (AvgIpc) is 3.19. The number of rotatable bonds is 7. The molecule has 1 aromatic heterocycles. The molecule has 2 aliphatic rings. The van der Waals surface area contributed by atoms with E-state index in [1.54, 1.807) is 12.1 Å². The van der Waals surface area contributed by atoms with Crippen LogP contribution in [0.15, 0.2) is 34.9 Å². The van der Waals surface area contributed by atoms with Gasteiger partial charge in [-0.3, -0.25) is 4.90 Å². The van der Waals surface area contributed by atoms with Gasteiger partial charge < -0.3 is 19.8 Å². The number of likely N-dealkylation sites (tertiary alicyclic amines) is 1. The van der Waals surface area contributed by atoms with E-state index in [1.807, 2.05) is 6.07 Å². The van der Waals surface area contributed by atoms with E-state index in [2.05, 4.69) is 49.1 Å². The number of benzene rings is 1. The van der Waals surface area contributed by atoms with Crippen molar-refractivity contribution in [2.45, 2.75) is 31.7 Å². The lowest BCUT2D eigenvalue weighted by atomic mass is 9.88. The van der Waals surface area contributed by atoms with Crippen LogP contribution in [0.3, 0.4) is 0 Å². The first-order chi connectivity index (χ1) is 14.6. The Bertz CT molecular complexity index is 961. The number of hydrogen-bond donors (Lipinski definition) is 2. The van der Waals surface area contributed by atoms with Gasteiger partial charge >= 0.3 is 5.97 Å². The number of aromatic amines is 1. The predicted octanol–water partition coefficient (Wildman–Crippen LogP) is 4.28. The third kappa shape index (κ3) is 4.37. The number of H-pyrrole nitrogens is 1. The minimum absolute atomic E-state index is 0.327. The van der Waals surface area contributed by atoms with Crippen molar-refractivity contribution in [1.82, 2.24) is 9.88 Å². The Morgan fingerprint density at radius 2 is 2.10 bits per heavy atom. The largest absolute Gasteiger partial charge is 0.478 e. The zero-order valence-electron chi connectivity index (χ0n) is 16.8. The van der Waals surface area contributed by atoms with Crippen LogP contribution in [0.5, 0.6) is 0 Å². The Kier molecular flexibility index (Phi) is 6.39. The number of carbonyl (C=O) groups excluding carboxylic acids is 1. The summed E-state index contributed by atoms with van der Waals surface area (Å²) in [4.78, 5) is 30.1. The van der Waals surface area contributed by atoms with Crippen LogP contribution < -0.4 is 4.90 Å². The Morgan fingerprint density at radius 1 is 1.30 bits per heavy atom. The number of piperidine rings is 1. The molecule has 0 aliphatic carbocycles. The standard InChI is InChI=1S/C23H26BrN3O3/c24-21-5-4-17(23(29)30)13-18(21)15-26-10-6-16(7-11-26)20-14-25-22-19(20)3-1-8-27(22)9-2-12-28/h1,3-5,12-14,16,25H,2,6-11,15H2,(H,29,30). The molecular formula is C23H26BrN3O3. The van der Waals surface area contributed by atoms with E-state index in [0.717, 1.165) is 67.7 Å². The number of halogens is 1. The number of aromatic nitrogens is 1. The van der Waals surface area contributed by atoms with E-state index >= 15 is 0 Å². The predicted molar refractivity (Wildman–Crippen MR) is 121 cm³/mol. The molecule has 0 atom stereocenters. The molecule has 0 saturated carbocycles. The molecule has 0 bridgehead atoms. The molecule has 0 spiro atoms. The molecule has 1 aromatic carbocycles. The van der Waals surface area contributed by atoms with Gasteiger partial charge in [-0.1, -0.05) is 28.1 Å². The van der Waals surface area contributed by atoms with Gasteiger partial charge in [0.1, 0.15) is 12.1 Å². The number of aromatic carboxylic acids is 1. The Balaban J connectivity index is 1.41. The highest BCUT2D eigenvalue weighted by atomic mass is 79.9. The van der Waals surface area contributed by atoms with Crippen LogP contribution in [0, 0.1) is 0 Å². The topological polar surface area (TPSA) is 76.6 Å². The first-order valence-electron chi connectivity index (χ1n) is 10.4. The Morgan fingerprint density at radius 3 is 2.83 bits per heavy atom. The minimum atomic E-state index is -0.894. The van der Waals surface area contributed by atoms with E-state index in [1.165, 1.54) is 11.1 Å². The summed E-state index contributed by atoms with van der Waals surface area (Å²) in [6, 6.07) is 5.21. The molecule has 0 unspecified atom stereocenters. The lowest BCUT2D eigenvalue weighted by Crippen LogP contribution is -2.33. The zero-order valence-corrected chi connectivity index (χ0v) is 18.4. The van der Waals surface area contributed by atoms with E-state index in [9.17, 15) is 14.7 Å². The first-order valence-corrected chi connectivity index (χ1v) is 11.2. The smallest absolute Gasteiger partial charge is 0.335 e. The van der Waals surface area contributed by atoms with E-state index in [-0.39, 0.29) is 0 Å². The third-order valence-corrected chi connectivity index (χ3v) is 6.86. The molecule has 1 fully saturated rings. The molecule has 1 saturated heterocycles. The zero-order chi connectivity index (χ0) is 21.1. The molecule has 2 aliphatic heterocycles. The van der Waals surface area contributed by atoms with Crippen molar-refractivity contribution in [2.24, 2.45) is 0 Å². The summed E-state index contributed by atoms with van der Waals surface area (Å²) < 4.78 is 0.954. The quantitative estimate of drug-likeness (QED) is 0.589. The van der Waals surface area contributed by atoms with E-state index in [4.69, 9.17) is 0 Å². The van der Waals surface area contributed by atoms with Gasteiger partial charge in [-0.05, 0) is 61.2 Å². The van der Waals surface area contributed by atoms with Crippen molar-refractivity contribution >= 4 is 40.1 Å². The van der Waals surface area contributed by atoms with Crippen LogP contribution >= 0.6 is 15.9 Å². The summed E-state index contributed by atoms with van der Waals surface area (Å²) >= 11 is 3.56. The summed E-state index contributed by atoms with van der Waals surface area (Å²) in [6.45, 7) is 4.28. The normalized spacial score (nSPS) is 17.2. The number of anilines is 1. The van der Waals surface area contributed by atoms with Crippen LogP contribution in [0.2, 0.25) is 0 Å². The van der Waals surface area contributed by atoms with Crippen molar-refractivity contribution < 1.29 is 14.7 Å². The van der Waals surface area contributed by atoms with Gasteiger partial charge in [-0.2, -0.15) is 0 Å². The molecular weight excluding hydrogens is 446 g/mol. The molecule has 158 valence electrons. The fraction of sp³-hybridized carbons (Fsp3) is 0.391. The van der Waals surface area contributed by atoms with Crippen LogP contribution in [0.25, 0.3) is 6.08 Å². The van der Waals surface area contributed by atoms with Gasteiger partial charge in [0.05, 0.1) is 5.56 Å². The van der Waals surface area contributed by atoms with Crippen molar-refractivity contribution in [3.05, 3.63) is 57.2 Å². The fourth-order valence-corrected chi connectivity index (χ4v) is 4.86. The second kappa shape index (κ2) is 9.18. The molecule has 0 radical (unpaired) electrons. The second-order valence-electron chi connectivity index (χ2n) is 7.97. The number of fused-ring (bicyclic) bond motifs is 1. The highest BCUT2D eigenvalue weighted by molar-refractivity contribution is 9.10. The number of nitrogens with zero attached hydrogens (tertiary/aromatic N) is 2. The molecule has 2 N–H and O–H groups in total. The van der Waals surface area contributed by atoms with Crippen molar-refractivity contribution in [3.63, 3.8) is 0 Å². The van der Waals surface area contributed by atoms with Crippen molar-refractivity contribution in [2.75, 3.05) is 31.1 Å². The maximum Gasteiger partial charge on any atom is 0.335 e. The maximum atomic E-state index is 11.3. The summed E-state index contributed by atoms with van der Waals surface area (Å²) in [5.74, 6) is 0.742. The third-order valence-electron chi connectivity index (χ3n) is 6.09. The first kappa shape index (κ1) is 20.9. The van der Waals surface area contributed by atoms with E-state index < -0.39 is 5.97 Å². The summed E-state index contributed by atoms with van der Waals surface area (Å²) in [7, 11) is 0. The van der Waals surface area contributed by atoms with Crippen LogP contribution in [0.1, 0.15) is 52.2 Å². The number of carboxylic acids is 1. The van der Waals surface area contributed by atoms with Crippen LogP contribution in [-0.2, 0) is 11.3 Å². The van der Waals surface area contributed by atoms with Gasteiger partial charge in [0.15, 0.2) is 0 Å². The van der Waals surface area contributed by atoms with Crippen LogP contribution in [0.4, 0.5) is 5.82 Å². The lowest BCUT2D eigenvalue weighted by Gasteiger charge is -2.33. The number of carboxylic acid groups (broad SMARTS) is 1. The maximum absolute atomic E-state index is 11.3. The number of carbonyl (C=O) groups is 2. The Hall–Kier alpha value is -2.38. The van der Waals surface area contributed by atoms with E-state index in [0.29, 0.717) is 17.9 Å². The fourth-order valence-electron chi connectivity index (χ4n) is 4.49. The molecule has 4 rings (SSSR count). The average molecular weight is 472 g/mol. The van der Waals surface area contributed by atoms with Crippen molar-refractivity contribution in [3.8, 4) is 0 Å². The highest BCUT2D eigenvalue weighted by Gasteiger charge is 2.26. The number of hydrogen-bond acceptors (Lipinski definition) is 4. The lowest BCUT2D eigenvalue weighted by molar-refractivity contribution is -0.107.